The number of nitrogens with zero attached hydrogens (tertiary/aromatic N) is 2. The van der Waals surface area contributed by atoms with E-state index in [1.165, 1.54) is 62.3 Å². The Hall–Kier alpha value is -0.450. The molecular formula is C17H29N3S. The summed E-state index contributed by atoms with van der Waals surface area (Å²) in [6, 6.07) is 1.38. The van der Waals surface area contributed by atoms with Crippen LogP contribution >= 0.6 is 11.3 Å². The highest BCUT2D eigenvalue weighted by molar-refractivity contribution is 7.09. The Balaban J connectivity index is 1.69. The van der Waals surface area contributed by atoms with Crippen molar-refractivity contribution in [3.63, 3.8) is 0 Å². The summed E-state index contributed by atoms with van der Waals surface area (Å²) in [7, 11) is 0. The molecule has 0 bridgehead atoms. The molecule has 3 nitrogen and oxygen atoms in total. The van der Waals surface area contributed by atoms with Crippen LogP contribution in [0.3, 0.4) is 0 Å². The first-order chi connectivity index (χ1) is 10.3. The number of piperazine rings is 1. The zero-order valence-electron chi connectivity index (χ0n) is 13.5. The third-order valence-corrected chi connectivity index (χ3v) is 6.18. The van der Waals surface area contributed by atoms with Gasteiger partial charge in [-0.2, -0.15) is 0 Å². The molecule has 0 aromatic carbocycles. The molecule has 0 spiro atoms. The van der Waals surface area contributed by atoms with Crippen LogP contribution in [0, 0.1) is 12.8 Å². The van der Waals surface area contributed by atoms with Crippen LogP contribution in [-0.4, -0.2) is 35.1 Å². The summed E-state index contributed by atoms with van der Waals surface area (Å²) in [6.45, 7) is 7.82. The van der Waals surface area contributed by atoms with E-state index in [2.05, 4.69) is 29.4 Å². The van der Waals surface area contributed by atoms with Gasteiger partial charge in [0.05, 0.1) is 6.54 Å². The lowest BCUT2D eigenvalue weighted by Crippen LogP contribution is -2.58. The Bertz CT molecular complexity index is 439. The number of hydrogen-bond donors (Lipinski definition) is 1. The topological polar surface area (TPSA) is 28.2 Å². The molecule has 0 radical (unpaired) electrons. The molecule has 0 amide bonds. The van der Waals surface area contributed by atoms with Gasteiger partial charge in [-0.25, -0.2) is 4.98 Å². The minimum absolute atomic E-state index is 0.658. The van der Waals surface area contributed by atoms with E-state index in [4.69, 9.17) is 4.98 Å². The zero-order chi connectivity index (χ0) is 14.7. The van der Waals surface area contributed by atoms with E-state index in [9.17, 15) is 0 Å². The third kappa shape index (κ3) is 3.85. The van der Waals surface area contributed by atoms with Crippen LogP contribution in [0.5, 0.6) is 0 Å². The fraction of sp³-hybridized carbons (Fsp3) is 0.824. The van der Waals surface area contributed by atoms with E-state index in [0.717, 1.165) is 18.5 Å². The van der Waals surface area contributed by atoms with Crippen LogP contribution in [0.1, 0.15) is 56.2 Å². The highest BCUT2D eigenvalue weighted by atomic mass is 32.1. The Morgan fingerprint density at radius 2 is 2.14 bits per heavy atom. The van der Waals surface area contributed by atoms with Crippen LogP contribution in [0.4, 0.5) is 0 Å². The van der Waals surface area contributed by atoms with Crippen molar-refractivity contribution in [1.29, 1.82) is 0 Å². The predicted molar refractivity (Wildman–Crippen MR) is 89.7 cm³/mol. The SMILES string of the molecule is CCC1CN(Cc2nc(C)cs2)C(C2CCCCC2)CN1. The molecule has 3 rings (SSSR count). The molecule has 2 unspecified atom stereocenters. The summed E-state index contributed by atoms with van der Waals surface area (Å²) in [6.07, 6.45) is 8.39. The van der Waals surface area contributed by atoms with E-state index < -0.39 is 0 Å². The van der Waals surface area contributed by atoms with E-state index in [1.807, 2.05) is 11.3 Å². The minimum Gasteiger partial charge on any atom is -0.311 e. The average molecular weight is 308 g/mol. The van der Waals surface area contributed by atoms with Gasteiger partial charge >= 0.3 is 0 Å². The van der Waals surface area contributed by atoms with Crippen molar-refractivity contribution in [2.24, 2.45) is 5.92 Å². The second kappa shape index (κ2) is 7.21. The van der Waals surface area contributed by atoms with E-state index in [-0.39, 0.29) is 0 Å². The second-order valence-corrected chi connectivity index (χ2v) is 7.73. The summed E-state index contributed by atoms with van der Waals surface area (Å²) < 4.78 is 0. The number of aromatic nitrogens is 1. The molecule has 1 aromatic heterocycles. The molecule has 2 atom stereocenters. The van der Waals surface area contributed by atoms with Crippen molar-refractivity contribution < 1.29 is 0 Å². The maximum atomic E-state index is 4.69. The maximum Gasteiger partial charge on any atom is 0.107 e. The molecule has 1 N–H and O–H groups in total. The monoisotopic (exact) mass is 307 g/mol. The van der Waals surface area contributed by atoms with E-state index in [1.54, 1.807) is 0 Å². The predicted octanol–water partition coefficient (Wildman–Crippen LogP) is 3.58. The molecule has 1 aliphatic carbocycles. The molecule has 1 aromatic rings. The van der Waals surface area contributed by atoms with Crippen LogP contribution in [-0.2, 0) is 6.54 Å². The second-order valence-electron chi connectivity index (χ2n) is 6.79. The number of aryl methyl sites for hydroxylation is 1. The van der Waals surface area contributed by atoms with Gasteiger partial charge in [0, 0.05) is 36.2 Å². The van der Waals surface area contributed by atoms with Crippen molar-refractivity contribution in [2.75, 3.05) is 13.1 Å². The normalized spacial score (nSPS) is 28.9. The van der Waals surface area contributed by atoms with Gasteiger partial charge in [0.25, 0.3) is 0 Å². The largest absolute Gasteiger partial charge is 0.311 e. The highest BCUT2D eigenvalue weighted by Crippen LogP contribution is 2.31. The standard InChI is InChI=1S/C17H29N3S/c1-3-15-10-20(11-17-19-13(2)12-21-17)16(9-18-15)14-7-5-4-6-8-14/h12,14-16,18H,3-11H2,1-2H3. The molecular weight excluding hydrogens is 278 g/mol. The lowest BCUT2D eigenvalue weighted by Gasteiger charge is -2.44. The maximum absolute atomic E-state index is 4.69. The molecule has 1 saturated carbocycles. The minimum atomic E-state index is 0.658. The van der Waals surface area contributed by atoms with Crippen molar-refractivity contribution in [3.05, 3.63) is 16.1 Å². The molecule has 2 fully saturated rings. The van der Waals surface area contributed by atoms with Gasteiger partial charge in [-0.05, 0) is 32.1 Å². The number of hydrogen-bond acceptors (Lipinski definition) is 4. The van der Waals surface area contributed by atoms with Gasteiger partial charge < -0.3 is 5.32 Å². The number of nitrogens with one attached hydrogen (secondary N) is 1. The van der Waals surface area contributed by atoms with E-state index in [0.29, 0.717) is 6.04 Å². The first-order valence-electron chi connectivity index (χ1n) is 8.64. The highest BCUT2D eigenvalue weighted by Gasteiger charge is 2.33. The van der Waals surface area contributed by atoms with Crippen molar-refractivity contribution in [2.45, 2.75) is 71.0 Å². The Morgan fingerprint density at radius 1 is 1.33 bits per heavy atom. The van der Waals surface area contributed by atoms with Crippen molar-refractivity contribution in [1.82, 2.24) is 15.2 Å². The van der Waals surface area contributed by atoms with Gasteiger partial charge in [-0.1, -0.05) is 26.2 Å². The number of rotatable bonds is 4. The van der Waals surface area contributed by atoms with Gasteiger partial charge in [0.2, 0.25) is 0 Å². The van der Waals surface area contributed by atoms with Crippen molar-refractivity contribution in [3.8, 4) is 0 Å². The summed E-state index contributed by atoms with van der Waals surface area (Å²) >= 11 is 1.83. The molecule has 2 heterocycles. The molecule has 21 heavy (non-hydrogen) atoms. The van der Waals surface area contributed by atoms with Gasteiger partial charge in [0.15, 0.2) is 0 Å². The van der Waals surface area contributed by atoms with Gasteiger partial charge in [-0.15, -0.1) is 11.3 Å². The van der Waals surface area contributed by atoms with Crippen molar-refractivity contribution >= 4 is 11.3 Å². The first kappa shape index (κ1) is 15.4. The Labute approximate surface area is 133 Å². The van der Waals surface area contributed by atoms with Crippen LogP contribution in [0.2, 0.25) is 0 Å². The summed E-state index contributed by atoms with van der Waals surface area (Å²) in [5, 5.41) is 7.26. The summed E-state index contributed by atoms with van der Waals surface area (Å²) in [5.41, 5.74) is 1.17. The first-order valence-corrected chi connectivity index (χ1v) is 9.52. The average Bonchev–Trinajstić information content (AvgIpc) is 2.93. The lowest BCUT2D eigenvalue weighted by molar-refractivity contribution is 0.0644. The third-order valence-electron chi connectivity index (χ3n) is 5.23. The molecule has 2 aliphatic rings. The lowest BCUT2D eigenvalue weighted by atomic mass is 9.82. The quantitative estimate of drug-likeness (QED) is 0.921. The van der Waals surface area contributed by atoms with Crippen LogP contribution < -0.4 is 5.32 Å². The summed E-state index contributed by atoms with van der Waals surface area (Å²) in [4.78, 5) is 7.43. The fourth-order valence-corrected chi connectivity index (χ4v) is 4.78. The van der Waals surface area contributed by atoms with Gasteiger partial charge in [0.1, 0.15) is 5.01 Å². The molecule has 118 valence electrons. The van der Waals surface area contributed by atoms with Crippen LogP contribution in [0.25, 0.3) is 0 Å². The fourth-order valence-electron chi connectivity index (χ4n) is 3.99. The van der Waals surface area contributed by atoms with Gasteiger partial charge in [-0.3, -0.25) is 4.90 Å². The smallest absolute Gasteiger partial charge is 0.107 e. The van der Waals surface area contributed by atoms with Crippen LogP contribution in [0.15, 0.2) is 5.38 Å². The Kier molecular flexibility index (Phi) is 5.30. The molecule has 1 saturated heterocycles. The molecule has 4 heteroatoms. The zero-order valence-corrected chi connectivity index (χ0v) is 14.3. The molecule has 1 aliphatic heterocycles. The van der Waals surface area contributed by atoms with E-state index >= 15 is 0 Å². The Morgan fingerprint density at radius 3 is 2.81 bits per heavy atom. The number of thiazole rings is 1. The summed E-state index contributed by atoms with van der Waals surface area (Å²) in [5.74, 6) is 0.894.